The van der Waals surface area contributed by atoms with Crippen LogP contribution >= 0.6 is 34.2 Å². The predicted molar refractivity (Wildman–Crippen MR) is 102 cm³/mol. The third kappa shape index (κ3) is 3.68. The second kappa shape index (κ2) is 6.76. The lowest BCUT2D eigenvalue weighted by atomic mass is 10.1. The van der Waals surface area contributed by atoms with Gasteiger partial charge in [0.25, 0.3) is 0 Å². The van der Waals surface area contributed by atoms with Crippen LogP contribution in [0.2, 0.25) is 5.02 Å². The van der Waals surface area contributed by atoms with Crippen LogP contribution in [0.1, 0.15) is 5.56 Å². The molecule has 3 aromatic rings. The van der Waals surface area contributed by atoms with Gasteiger partial charge in [0.1, 0.15) is 0 Å². The number of halogens is 2. The Balaban J connectivity index is 1.97. The Labute approximate surface area is 153 Å². The Bertz CT molecular complexity index is 968. The zero-order chi connectivity index (χ0) is 16.4. The molecule has 6 heteroatoms. The topological polar surface area (TPSA) is 46.2 Å². The highest BCUT2D eigenvalue weighted by atomic mass is 127. The molecule has 0 bridgehead atoms. The smallest absolute Gasteiger partial charge is 0.207 e. The molecule has 0 spiro atoms. The van der Waals surface area contributed by atoms with E-state index in [1.165, 1.54) is 0 Å². The molecule has 0 fully saturated rings. The van der Waals surface area contributed by atoms with Crippen LogP contribution in [0.25, 0.3) is 10.8 Å². The van der Waals surface area contributed by atoms with Gasteiger partial charge in [0.2, 0.25) is 10.0 Å². The maximum absolute atomic E-state index is 12.7. The number of nitrogens with one attached hydrogen (secondary N) is 1. The second-order valence-corrected chi connectivity index (χ2v) is 8.44. The van der Waals surface area contributed by atoms with Gasteiger partial charge in [-0.3, -0.25) is 0 Å². The van der Waals surface area contributed by atoms with Crippen LogP contribution in [0.3, 0.4) is 0 Å². The van der Waals surface area contributed by atoms with Gasteiger partial charge in [-0.1, -0.05) is 48.0 Å². The zero-order valence-corrected chi connectivity index (χ0v) is 15.7. The average Bonchev–Trinajstić information content (AvgIpc) is 2.53. The minimum Gasteiger partial charge on any atom is -0.207 e. The van der Waals surface area contributed by atoms with E-state index >= 15 is 0 Å². The molecule has 0 radical (unpaired) electrons. The van der Waals surface area contributed by atoms with Crippen LogP contribution in [0, 0.1) is 3.57 Å². The van der Waals surface area contributed by atoms with Gasteiger partial charge in [0, 0.05) is 20.5 Å². The first-order valence-electron chi connectivity index (χ1n) is 6.89. The van der Waals surface area contributed by atoms with Gasteiger partial charge >= 0.3 is 0 Å². The first-order valence-corrected chi connectivity index (χ1v) is 9.83. The highest BCUT2D eigenvalue weighted by Crippen LogP contribution is 2.29. The molecule has 3 rings (SSSR count). The molecule has 0 saturated heterocycles. The van der Waals surface area contributed by atoms with Gasteiger partial charge in [-0.15, -0.1) is 0 Å². The lowest BCUT2D eigenvalue weighted by molar-refractivity contribution is 0.582. The van der Waals surface area contributed by atoms with Crippen molar-refractivity contribution < 1.29 is 8.42 Å². The molecular formula is C17H13ClINO2S. The monoisotopic (exact) mass is 457 g/mol. The third-order valence-electron chi connectivity index (χ3n) is 3.46. The van der Waals surface area contributed by atoms with Crippen molar-refractivity contribution in [3.8, 4) is 0 Å². The van der Waals surface area contributed by atoms with Gasteiger partial charge in [0.05, 0.1) is 4.90 Å². The number of hydrogen-bond donors (Lipinski definition) is 1. The Morgan fingerprint density at radius 2 is 1.70 bits per heavy atom. The lowest BCUT2D eigenvalue weighted by Crippen LogP contribution is -2.23. The van der Waals surface area contributed by atoms with Crippen molar-refractivity contribution in [2.24, 2.45) is 0 Å². The first kappa shape index (κ1) is 16.7. The summed E-state index contributed by atoms with van der Waals surface area (Å²) >= 11 is 8.41. The molecule has 3 nitrogen and oxygen atoms in total. The molecule has 0 saturated carbocycles. The van der Waals surface area contributed by atoms with Crippen molar-refractivity contribution in [2.45, 2.75) is 11.4 Å². The molecule has 0 unspecified atom stereocenters. The van der Waals surface area contributed by atoms with E-state index in [4.69, 9.17) is 11.6 Å². The summed E-state index contributed by atoms with van der Waals surface area (Å²) < 4.78 is 29.1. The molecule has 0 aliphatic heterocycles. The summed E-state index contributed by atoms with van der Waals surface area (Å²) in [5.41, 5.74) is 0.909. The largest absolute Gasteiger partial charge is 0.241 e. The normalized spacial score (nSPS) is 11.7. The van der Waals surface area contributed by atoms with Crippen molar-refractivity contribution in [2.75, 3.05) is 0 Å². The molecule has 23 heavy (non-hydrogen) atoms. The quantitative estimate of drug-likeness (QED) is 0.583. The Morgan fingerprint density at radius 3 is 2.43 bits per heavy atom. The number of sulfonamides is 1. The van der Waals surface area contributed by atoms with Gasteiger partial charge in [-0.2, -0.15) is 0 Å². The van der Waals surface area contributed by atoms with Crippen LogP contribution in [-0.2, 0) is 16.6 Å². The summed E-state index contributed by atoms with van der Waals surface area (Å²) in [4.78, 5) is 0.200. The number of rotatable bonds is 4. The van der Waals surface area contributed by atoms with Gasteiger partial charge < -0.3 is 0 Å². The molecule has 0 amide bonds. The van der Waals surface area contributed by atoms with E-state index in [1.807, 2.05) is 36.4 Å². The van der Waals surface area contributed by atoms with E-state index in [0.717, 1.165) is 14.5 Å². The molecule has 3 aromatic carbocycles. The molecule has 0 aromatic heterocycles. The summed E-state index contributed by atoms with van der Waals surface area (Å²) in [5, 5.41) is 1.78. The van der Waals surface area contributed by atoms with Crippen LogP contribution in [0.15, 0.2) is 65.6 Å². The maximum Gasteiger partial charge on any atom is 0.241 e. The van der Waals surface area contributed by atoms with Crippen molar-refractivity contribution in [1.29, 1.82) is 0 Å². The van der Waals surface area contributed by atoms with Gasteiger partial charge in [-0.05, 0) is 57.8 Å². The van der Waals surface area contributed by atoms with Crippen LogP contribution in [0.4, 0.5) is 0 Å². The van der Waals surface area contributed by atoms with E-state index in [9.17, 15) is 8.42 Å². The molecule has 0 heterocycles. The molecule has 0 aliphatic rings. The highest BCUT2D eigenvalue weighted by molar-refractivity contribution is 14.1. The zero-order valence-electron chi connectivity index (χ0n) is 12.0. The molecule has 118 valence electrons. The number of fused-ring (bicyclic) bond motifs is 1. The lowest BCUT2D eigenvalue weighted by Gasteiger charge is -2.11. The molecular weight excluding hydrogens is 445 g/mol. The van der Waals surface area contributed by atoms with E-state index in [2.05, 4.69) is 27.3 Å². The minimum absolute atomic E-state index is 0.200. The Hall–Kier alpha value is -1.15. The fraction of sp³-hybridized carbons (Fsp3) is 0.0588. The standard InChI is InChI=1S/C17H13ClINO2S/c18-15-8-2-5-13-6-3-9-16(17(13)15)23(21,22)20-11-12-4-1-7-14(19)10-12/h1-10,20H,11H2. The molecule has 0 atom stereocenters. The van der Waals surface area contributed by atoms with E-state index < -0.39 is 10.0 Å². The minimum atomic E-state index is -3.66. The summed E-state index contributed by atoms with van der Waals surface area (Å²) in [6.45, 7) is 0.236. The van der Waals surface area contributed by atoms with E-state index in [1.54, 1.807) is 24.3 Å². The maximum atomic E-state index is 12.7. The van der Waals surface area contributed by atoms with Gasteiger partial charge in [-0.25, -0.2) is 13.1 Å². The summed E-state index contributed by atoms with van der Waals surface area (Å²) in [6, 6.07) is 18.2. The van der Waals surface area contributed by atoms with Crippen molar-refractivity contribution in [3.05, 3.63) is 74.8 Å². The summed E-state index contributed by atoms with van der Waals surface area (Å²) in [5.74, 6) is 0. The SMILES string of the molecule is O=S(=O)(NCc1cccc(I)c1)c1cccc2cccc(Cl)c12. The highest BCUT2D eigenvalue weighted by Gasteiger charge is 2.18. The van der Waals surface area contributed by atoms with E-state index in [0.29, 0.717) is 10.4 Å². The van der Waals surface area contributed by atoms with E-state index in [-0.39, 0.29) is 11.4 Å². The fourth-order valence-electron chi connectivity index (χ4n) is 2.39. The van der Waals surface area contributed by atoms with Crippen molar-refractivity contribution in [3.63, 3.8) is 0 Å². The van der Waals surface area contributed by atoms with Crippen molar-refractivity contribution in [1.82, 2.24) is 4.72 Å². The van der Waals surface area contributed by atoms with Crippen molar-refractivity contribution >= 4 is 55.0 Å². The summed E-state index contributed by atoms with van der Waals surface area (Å²) in [6.07, 6.45) is 0. The fourth-order valence-corrected chi connectivity index (χ4v) is 4.60. The Kier molecular flexibility index (Phi) is 4.91. The van der Waals surface area contributed by atoms with Crippen LogP contribution in [0.5, 0.6) is 0 Å². The predicted octanol–water partition coefficient (Wildman–Crippen LogP) is 4.58. The summed E-state index contributed by atoms with van der Waals surface area (Å²) in [7, 11) is -3.66. The molecule has 0 aliphatic carbocycles. The number of benzene rings is 3. The third-order valence-corrected chi connectivity index (χ3v) is 5.89. The number of hydrogen-bond acceptors (Lipinski definition) is 2. The van der Waals surface area contributed by atoms with Gasteiger partial charge in [0.15, 0.2) is 0 Å². The van der Waals surface area contributed by atoms with Crippen LogP contribution in [-0.4, -0.2) is 8.42 Å². The van der Waals surface area contributed by atoms with Crippen LogP contribution < -0.4 is 4.72 Å². The average molecular weight is 458 g/mol. The molecule has 1 N–H and O–H groups in total. The Morgan fingerprint density at radius 1 is 1.00 bits per heavy atom. The second-order valence-electron chi connectivity index (χ2n) is 5.05. The first-order chi connectivity index (χ1) is 11.0.